The Morgan fingerprint density at radius 1 is 1.09 bits per heavy atom. The highest BCUT2D eigenvalue weighted by Gasteiger charge is 2.18. The lowest BCUT2D eigenvalue weighted by molar-refractivity contribution is 0.0891. The molecule has 0 spiro atoms. The van der Waals surface area contributed by atoms with Crippen molar-refractivity contribution in [2.24, 2.45) is 0 Å². The Labute approximate surface area is 137 Å². The van der Waals surface area contributed by atoms with Gasteiger partial charge in [0.1, 0.15) is 11.9 Å². The summed E-state index contributed by atoms with van der Waals surface area (Å²) >= 11 is 0. The standard InChI is InChI=1S/C19H23NO3/c21-18(19-9-5-11-23-19)14-20(12-16-6-2-1-3-7-16)13-17-8-4-10-22-15-17/h1-3,5-9,11,18,21H,4,10,12-15H2. The van der Waals surface area contributed by atoms with E-state index in [4.69, 9.17) is 9.15 Å². The first-order chi connectivity index (χ1) is 11.3. The molecule has 2 heterocycles. The van der Waals surface area contributed by atoms with Gasteiger partial charge in [-0.15, -0.1) is 0 Å². The van der Waals surface area contributed by atoms with E-state index in [0.29, 0.717) is 18.9 Å². The molecule has 0 bridgehead atoms. The zero-order valence-corrected chi connectivity index (χ0v) is 13.2. The van der Waals surface area contributed by atoms with Crippen molar-refractivity contribution in [1.29, 1.82) is 0 Å². The van der Waals surface area contributed by atoms with E-state index in [1.165, 1.54) is 11.1 Å². The zero-order chi connectivity index (χ0) is 15.9. The predicted octanol–water partition coefficient (Wildman–Crippen LogP) is 3.16. The van der Waals surface area contributed by atoms with Crippen molar-refractivity contribution in [3.05, 3.63) is 71.7 Å². The Hall–Kier alpha value is -1.88. The second kappa shape index (κ2) is 8.11. The fourth-order valence-electron chi connectivity index (χ4n) is 2.85. The van der Waals surface area contributed by atoms with Gasteiger partial charge in [0.25, 0.3) is 0 Å². The number of hydrogen-bond donors (Lipinski definition) is 1. The number of aliphatic hydroxyl groups excluding tert-OH is 1. The van der Waals surface area contributed by atoms with Crippen LogP contribution in [0.1, 0.15) is 23.8 Å². The van der Waals surface area contributed by atoms with Crippen molar-refractivity contribution < 1.29 is 14.3 Å². The molecule has 0 fully saturated rings. The Balaban J connectivity index is 1.68. The van der Waals surface area contributed by atoms with Gasteiger partial charge in [0.15, 0.2) is 0 Å². The number of hydrogen-bond acceptors (Lipinski definition) is 4. The maximum absolute atomic E-state index is 10.4. The summed E-state index contributed by atoms with van der Waals surface area (Å²) in [5.41, 5.74) is 2.51. The predicted molar refractivity (Wildman–Crippen MR) is 88.9 cm³/mol. The van der Waals surface area contributed by atoms with Crippen molar-refractivity contribution in [1.82, 2.24) is 4.90 Å². The maximum Gasteiger partial charge on any atom is 0.133 e. The summed E-state index contributed by atoms with van der Waals surface area (Å²) in [4.78, 5) is 2.24. The maximum atomic E-state index is 10.4. The van der Waals surface area contributed by atoms with Crippen LogP contribution in [0.2, 0.25) is 0 Å². The van der Waals surface area contributed by atoms with Crippen molar-refractivity contribution in [2.45, 2.75) is 19.1 Å². The fourth-order valence-corrected chi connectivity index (χ4v) is 2.85. The largest absolute Gasteiger partial charge is 0.467 e. The van der Waals surface area contributed by atoms with Crippen LogP contribution in [0.5, 0.6) is 0 Å². The van der Waals surface area contributed by atoms with Gasteiger partial charge in [-0.2, -0.15) is 0 Å². The summed E-state index contributed by atoms with van der Waals surface area (Å²) < 4.78 is 10.9. The van der Waals surface area contributed by atoms with Gasteiger partial charge in [-0.3, -0.25) is 4.90 Å². The van der Waals surface area contributed by atoms with E-state index < -0.39 is 6.10 Å². The van der Waals surface area contributed by atoms with Gasteiger partial charge in [-0.25, -0.2) is 0 Å². The van der Waals surface area contributed by atoms with Crippen molar-refractivity contribution >= 4 is 0 Å². The Kier molecular flexibility index (Phi) is 5.64. The molecule has 0 amide bonds. The topological polar surface area (TPSA) is 45.8 Å². The molecule has 4 heteroatoms. The first-order valence-electron chi connectivity index (χ1n) is 8.04. The third kappa shape index (κ3) is 4.79. The minimum Gasteiger partial charge on any atom is -0.467 e. The van der Waals surface area contributed by atoms with Crippen LogP contribution in [-0.4, -0.2) is 36.3 Å². The minimum absolute atomic E-state index is 0.528. The van der Waals surface area contributed by atoms with E-state index in [0.717, 1.165) is 26.1 Å². The molecule has 122 valence electrons. The van der Waals surface area contributed by atoms with Gasteiger partial charge < -0.3 is 14.3 Å². The first-order valence-corrected chi connectivity index (χ1v) is 8.04. The first kappa shape index (κ1) is 16.0. The average Bonchev–Trinajstić information content (AvgIpc) is 3.11. The number of rotatable bonds is 7. The monoisotopic (exact) mass is 313 g/mol. The molecular weight excluding hydrogens is 290 g/mol. The average molecular weight is 313 g/mol. The molecule has 23 heavy (non-hydrogen) atoms. The summed E-state index contributed by atoms with van der Waals surface area (Å²) in [6, 6.07) is 13.9. The molecular formula is C19H23NO3. The molecule has 1 aromatic carbocycles. The Morgan fingerprint density at radius 2 is 1.96 bits per heavy atom. The summed E-state index contributed by atoms with van der Waals surface area (Å²) in [6.45, 7) is 3.60. The SMILES string of the molecule is OC(CN(CC1=CCCOC1)Cc1ccccc1)c1ccco1. The van der Waals surface area contributed by atoms with Crippen molar-refractivity contribution in [2.75, 3.05) is 26.3 Å². The molecule has 1 atom stereocenters. The highest BCUT2D eigenvalue weighted by Crippen LogP contribution is 2.18. The third-order valence-electron chi connectivity index (χ3n) is 3.96. The van der Waals surface area contributed by atoms with E-state index in [9.17, 15) is 5.11 Å². The summed E-state index contributed by atoms with van der Waals surface area (Å²) in [5, 5.41) is 10.4. The van der Waals surface area contributed by atoms with Gasteiger partial charge in [-0.05, 0) is 29.7 Å². The molecule has 1 unspecified atom stereocenters. The minimum atomic E-state index is -0.626. The number of ether oxygens (including phenoxy) is 1. The second-order valence-electron chi connectivity index (χ2n) is 5.89. The molecule has 3 rings (SSSR count). The van der Waals surface area contributed by atoms with Gasteiger partial charge in [0.2, 0.25) is 0 Å². The Bertz CT molecular complexity index is 607. The van der Waals surface area contributed by atoms with Crippen LogP contribution in [0, 0.1) is 0 Å². The van der Waals surface area contributed by atoms with E-state index in [-0.39, 0.29) is 0 Å². The quantitative estimate of drug-likeness (QED) is 0.798. The number of aliphatic hydroxyl groups is 1. The van der Waals surface area contributed by atoms with Gasteiger partial charge in [0.05, 0.1) is 19.5 Å². The van der Waals surface area contributed by atoms with Crippen LogP contribution in [0.3, 0.4) is 0 Å². The molecule has 0 radical (unpaired) electrons. The molecule has 0 aliphatic carbocycles. The van der Waals surface area contributed by atoms with Crippen LogP contribution in [0.25, 0.3) is 0 Å². The molecule has 1 aromatic heterocycles. The van der Waals surface area contributed by atoms with Crippen LogP contribution < -0.4 is 0 Å². The van der Waals surface area contributed by atoms with E-state index in [1.807, 2.05) is 24.3 Å². The lowest BCUT2D eigenvalue weighted by Gasteiger charge is -2.27. The van der Waals surface area contributed by atoms with Crippen molar-refractivity contribution in [3.8, 4) is 0 Å². The van der Waals surface area contributed by atoms with Crippen LogP contribution >= 0.6 is 0 Å². The zero-order valence-electron chi connectivity index (χ0n) is 13.2. The molecule has 4 nitrogen and oxygen atoms in total. The van der Waals surface area contributed by atoms with Crippen LogP contribution in [0.4, 0.5) is 0 Å². The normalized spacial score (nSPS) is 16.3. The summed E-state index contributed by atoms with van der Waals surface area (Å²) in [6.07, 6.45) is 4.19. The van der Waals surface area contributed by atoms with E-state index >= 15 is 0 Å². The smallest absolute Gasteiger partial charge is 0.133 e. The van der Waals surface area contributed by atoms with Crippen molar-refractivity contribution in [3.63, 3.8) is 0 Å². The lowest BCUT2D eigenvalue weighted by Crippen LogP contribution is -2.31. The third-order valence-corrected chi connectivity index (χ3v) is 3.96. The fraction of sp³-hybridized carbons (Fsp3) is 0.368. The van der Waals surface area contributed by atoms with E-state index in [2.05, 4.69) is 23.1 Å². The summed E-state index contributed by atoms with van der Waals surface area (Å²) in [5.74, 6) is 0.608. The number of furan rings is 1. The molecule has 2 aromatic rings. The number of nitrogens with zero attached hydrogens (tertiary/aromatic N) is 1. The molecule has 0 saturated carbocycles. The lowest BCUT2D eigenvalue weighted by atomic mass is 10.1. The van der Waals surface area contributed by atoms with Gasteiger partial charge in [0, 0.05) is 19.6 Å². The molecule has 1 N–H and O–H groups in total. The molecule has 0 saturated heterocycles. The second-order valence-corrected chi connectivity index (χ2v) is 5.89. The highest BCUT2D eigenvalue weighted by atomic mass is 16.5. The van der Waals surface area contributed by atoms with Gasteiger partial charge >= 0.3 is 0 Å². The molecule has 1 aliphatic rings. The highest BCUT2D eigenvalue weighted by molar-refractivity contribution is 5.16. The van der Waals surface area contributed by atoms with E-state index in [1.54, 1.807) is 12.3 Å². The van der Waals surface area contributed by atoms with Gasteiger partial charge in [-0.1, -0.05) is 36.4 Å². The summed E-state index contributed by atoms with van der Waals surface area (Å²) in [7, 11) is 0. The molecule has 1 aliphatic heterocycles. The van der Waals surface area contributed by atoms with Crippen LogP contribution in [0.15, 0.2) is 64.8 Å². The Morgan fingerprint density at radius 3 is 2.65 bits per heavy atom. The number of benzene rings is 1. The van der Waals surface area contributed by atoms with Crippen LogP contribution in [-0.2, 0) is 11.3 Å².